The van der Waals surface area contributed by atoms with E-state index in [-0.39, 0.29) is 5.70 Å². The fourth-order valence-electron chi connectivity index (χ4n) is 2.41. The third-order valence-electron chi connectivity index (χ3n) is 3.66. The lowest BCUT2D eigenvalue weighted by Gasteiger charge is -2.04. The fourth-order valence-corrected chi connectivity index (χ4v) is 2.59. The molecule has 6 heteroatoms. The summed E-state index contributed by atoms with van der Waals surface area (Å²) in [5, 5.41) is 0.543. The Morgan fingerprint density at radius 3 is 2.56 bits per heavy atom. The second kappa shape index (κ2) is 7.40. The van der Waals surface area contributed by atoms with Crippen molar-refractivity contribution in [3.05, 3.63) is 64.3 Å². The third-order valence-corrected chi connectivity index (χ3v) is 3.90. The summed E-state index contributed by atoms with van der Waals surface area (Å²) in [7, 11) is 3.16. The highest BCUT2D eigenvalue weighted by molar-refractivity contribution is 6.30. The van der Waals surface area contributed by atoms with Gasteiger partial charge in [-0.1, -0.05) is 23.7 Å². The van der Waals surface area contributed by atoms with Crippen molar-refractivity contribution < 1.29 is 19.0 Å². The van der Waals surface area contributed by atoms with E-state index in [9.17, 15) is 4.79 Å². The molecule has 0 N–H and O–H groups in total. The van der Waals surface area contributed by atoms with Crippen molar-refractivity contribution in [3.8, 4) is 11.5 Å². The van der Waals surface area contributed by atoms with Gasteiger partial charge in [-0.05, 0) is 42.0 Å². The number of aliphatic imine (C=N–C) groups is 1. The van der Waals surface area contributed by atoms with Gasteiger partial charge in [0.15, 0.2) is 5.70 Å². The second-order valence-electron chi connectivity index (χ2n) is 5.34. The first-order valence-electron chi connectivity index (χ1n) is 7.57. The number of carbonyl (C=O) groups is 1. The second-order valence-corrected chi connectivity index (χ2v) is 5.77. The number of cyclic esters (lactones) is 1. The lowest BCUT2D eigenvalue weighted by atomic mass is 10.1. The maximum atomic E-state index is 12.1. The van der Waals surface area contributed by atoms with Crippen molar-refractivity contribution in [1.29, 1.82) is 0 Å². The molecule has 0 amide bonds. The van der Waals surface area contributed by atoms with Crippen LogP contribution in [0.5, 0.6) is 11.5 Å². The Labute approximate surface area is 150 Å². The van der Waals surface area contributed by atoms with Crippen LogP contribution in [-0.2, 0) is 16.0 Å². The summed E-state index contributed by atoms with van der Waals surface area (Å²) in [4.78, 5) is 16.3. The highest BCUT2D eigenvalue weighted by atomic mass is 35.5. The van der Waals surface area contributed by atoms with Crippen molar-refractivity contribution in [2.75, 3.05) is 14.2 Å². The number of ether oxygens (including phenoxy) is 3. The van der Waals surface area contributed by atoms with Crippen LogP contribution in [0.3, 0.4) is 0 Å². The first-order chi connectivity index (χ1) is 12.1. The molecule has 0 aromatic heterocycles. The van der Waals surface area contributed by atoms with Crippen LogP contribution in [0.2, 0.25) is 5.02 Å². The minimum absolute atomic E-state index is 0.212. The van der Waals surface area contributed by atoms with Crippen LogP contribution in [0.1, 0.15) is 11.1 Å². The molecule has 0 saturated carbocycles. The maximum Gasteiger partial charge on any atom is 0.363 e. The molecule has 128 valence electrons. The van der Waals surface area contributed by atoms with Gasteiger partial charge in [0, 0.05) is 17.0 Å². The number of hydrogen-bond donors (Lipinski definition) is 0. The Morgan fingerprint density at radius 2 is 1.88 bits per heavy atom. The van der Waals surface area contributed by atoms with Crippen molar-refractivity contribution in [2.24, 2.45) is 4.99 Å². The summed E-state index contributed by atoms with van der Waals surface area (Å²) in [6.45, 7) is 0. The minimum Gasteiger partial charge on any atom is -0.497 e. The number of nitrogens with zero attached hydrogens (tertiary/aromatic N) is 1. The van der Waals surface area contributed by atoms with E-state index in [1.165, 1.54) is 0 Å². The molecule has 2 aromatic carbocycles. The SMILES string of the molecule is COc1ccc(CC2=N/C(=C/c3cc(Cl)ccc3OC)C(=O)O2)cc1. The van der Waals surface area contributed by atoms with Gasteiger partial charge in [-0.15, -0.1) is 0 Å². The summed E-state index contributed by atoms with van der Waals surface area (Å²) >= 11 is 6.01. The molecule has 0 saturated heterocycles. The Hall–Kier alpha value is -2.79. The van der Waals surface area contributed by atoms with Gasteiger partial charge in [0.2, 0.25) is 5.90 Å². The average Bonchev–Trinajstić information content (AvgIpc) is 2.95. The Balaban J connectivity index is 1.83. The molecule has 0 spiro atoms. The lowest BCUT2D eigenvalue weighted by Crippen LogP contribution is -2.06. The normalized spacial score (nSPS) is 15.1. The lowest BCUT2D eigenvalue weighted by molar-refractivity contribution is -0.130. The van der Waals surface area contributed by atoms with E-state index in [0.717, 1.165) is 11.3 Å². The first-order valence-corrected chi connectivity index (χ1v) is 7.95. The molecule has 0 bridgehead atoms. The van der Waals surface area contributed by atoms with Gasteiger partial charge in [-0.25, -0.2) is 9.79 Å². The Morgan fingerprint density at radius 1 is 1.12 bits per heavy atom. The van der Waals surface area contributed by atoms with E-state index in [1.807, 2.05) is 24.3 Å². The number of carbonyl (C=O) groups excluding carboxylic acids is 1. The highest BCUT2D eigenvalue weighted by Gasteiger charge is 2.23. The number of esters is 1. The predicted molar refractivity (Wildman–Crippen MR) is 96.2 cm³/mol. The van der Waals surface area contributed by atoms with Gasteiger partial charge in [-0.2, -0.15) is 0 Å². The smallest absolute Gasteiger partial charge is 0.363 e. The van der Waals surface area contributed by atoms with Gasteiger partial charge >= 0.3 is 5.97 Å². The molecule has 5 nitrogen and oxygen atoms in total. The zero-order valence-corrected chi connectivity index (χ0v) is 14.5. The van der Waals surface area contributed by atoms with Gasteiger partial charge < -0.3 is 14.2 Å². The zero-order chi connectivity index (χ0) is 17.8. The number of rotatable bonds is 5. The largest absolute Gasteiger partial charge is 0.497 e. The van der Waals surface area contributed by atoms with E-state index < -0.39 is 5.97 Å². The molecular formula is C19H16ClNO4. The molecule has 1 aliphatic rings. The minimum atomic E-state index is -0.495. The van der Waals surface area contributed by atoms with Crippen LogP contribution in [0.25, 0.3) is 6.08 Å². The maximum absolute atomic E-state index is 12.1. The first kappa shape index (κ1) is 17.0. The third kappa shape index (κ3) is 4.00. The molecule has 1 heterocycles. The van der Waals surface area contributed by atoms with Gasteiger partial charge in [-0.3, -0.25) is 0 Å². The summed E-state index contributed by atoms with van der Waals surface area (Å²) in [5.74, 6) is 1.22. The summed E-state index contributed by atoms with van der Waals surface area (Å²) in [6, 6.07) is 12.6. The van der Waals surface area contributed by atoms with Crippen molar-refractivity contribution in [2.45, 2.75) is 6.42 Å². The molecule has 0 aliphatic carbocycles. The number of methoxy groups -OCH3 is 2. The van der Waals surface area contributed by atoms with Crippen molar-refractivity contribution in [1.82, 2.24) is 0 Å². The van der Waals surface area contributed by atoms with Crippen LogP contribution < -0.4 is 9.47 Å². The average molecular weight is 358 g/mol. The van der Waals surface area contributed by atoms with Crippen LogP contribution in [0, 0.1) is 0 Å². The van der Waals surface area contributed by atoms with E-state index in [0.29, 0.717) is 28.7 Å². The molecule has 1 aliphatic heterocycles. The van der Waals surface area contributed by atoms with E-state index in [2.05, 4.69) is 4.99 Å². The zero-order valence-electron chi connectivity index (χ0n) is 13.8. The van der Waals surface area contributed by atoms with Crippen molar-refractivity contribution >= 4 is 29.5 Å². The van der Waals surface area contributed by atoms with E-state index >= 15 is 0 Å². The fraction of sp³-hybridized carbons (Fsp3) is 0.158. The van der Waals surface area contributed by atoms with Crippen LogP contribution in [0.4, 0.5) is 0 Å². The van der Waals surface area contributed by atoms with Gasteiger partial charge in [0.25, 0.3) is 0 Å². The monoisotopic (exact) mass is 357 g/mol. The number of benzene rings is 2. The van der Waals surface area contributed by atoms with Crippen molar-refractivity contribution in [3.63, 3.8) is 0 Å². The number of halogens is 1. The van der Waals surface area contributed by atoms with Crippen LogP contribution in [0.15, 0.2) is 53.2 Å². The molecule has 0 unspecified atom stereocenters. The summed E-state index contributed by atoms with van der Waals surface area (Å²) in [6.07, 6.45) is 2.02. The molecule has 0 radical (unpaired) electrons. The molecule has 0 fully saturated rings. The molecule has 3 rings (SSSR count). The van der Waals surface area contributed by atoms with Gasteiger partial charge in [0.05, 0.1) is 14.2 Å². The van der Waals surface area contributed by atoms with Crippen LogP contribution >= 0.6 is 11.6 Å². The standard InChI is InChI=1S/C19H16ClNO4/c1-23-15-6-3-12(4-7-15)9-18-21-16(19(22)25-18)11-13-10-14(20)5-8-17(13)24-2/h3-8,10-11H,9H2,1-2H3/b16-11+. The highest BCUT2D eigenvalue weighted by Crippen LogP contribution is 2.27. The number of hydrogen-bond acceptors (Lipinski definition) is 5. The molecule has 2 aromatic rings. The summed E-state index contributed by atoms with van der Waals surface area (Å²) in [5.41, 5.74) is 1.84. The molecule has 0 atom stereocenters. The molecular weight excluding hydrogens is 342 g/mol. The predicted octanol–water partition coefficient (Wildman–Crippen LogP) is 3.90. The van der Waals surface area contributed by atoms with Gasteiger partial charge in [0.1, 0.15) is 11.5 Å². The Bertz CT molecular complexity index is 856. The topological polar surface area (TPSA) is 57.1 Å². The van der Waals surface area contributed by atoms with E-state index in [1.54, 1.807) is 38.5 Å². The quantitative estimate of drug-likeness (QED) is 0.601. The summed E-state index contributed by atoms with van der Waals surface area (Å²) < 4.78 is 15.6. The Kier molecular flexibility index (Phi) is 5.05. The van der Waals surface area contributed by atoms with Crippen LogP contribution in [-0.4, -0.2) is 26.1 Å². The molecule has 25 heavy (non-hydrogen) atoms. The van der Waals surface area contributed by atoms with E-state index in [4.69, 9.17) is 25.8 Å².